The van der Waals surface area contributed by atoms with Gasteiger partial charge in [-0.05, 0) is 56.3 Å². The summed E-state index contributed by atoms with van der Waals surface area (Å²) in [5, 5.41) is 7.68. The number of nitrogens with two attached hydrogens (primary N) is 1. The van der Waals surface area contributed by atoms with Crippen molar-refractivity contribution in [2.24, 2.45) is 5.73 Å². The molecule has 1 aromatic heterocycles. The molecule has 0 aliphatic rings. The molecule has 6 heteroatoms. The van der Waals surface area contributed by atoms with E-state index in [9.17, 15) is 9.59 Å². The Morgan fingerprint density at radius 2 is 2.00 bits per heavy atom. The highest BCUT2D eigenvalue weighted by atomic mass is 32.1. The van der Waals surface area contributed by atoms with Crippen molar-refractivity contribution in [2.45, 2.75) is 38.6 Å². The van der Waals surface area contributed by atoms with Gasteiger partial charge in [-0.2, -0.15) is 0 Å². The second-order valence-corrected chi connectivity index (χ2v) is 7.77. The van der Waals surface area contributed by atoms with Crippen LogP contribution in [0.15, 0.2) is 41.8 Å². The molecule has 0 bridgehead atoms. The lowest BCUT2D eigenvalue weighted by molar-refractivity contribution is -0.116. The summed E-state index contributed by atoms with van der Waals surface area (Å²) in [7, 11) is 0. The molecular formula is C19H25N3O2S. The van der Waals surface area contributed by atoms with Crippen LogP contribution in [0.5, 0.6) is 0 Å². The second kappa shape index (κ2) is 8.78. The first-order valence-corrected chi connectivity index (χ1v) is 9.21. The number of hydrogen-bond donors (Lipinski definition) is 3. The summed E-state index contributed by atoms with van der Waals surface area (Å²) in [6.45, 7) is 4.07. The van der Waals surface area contributed by atoms with Crippen molar-refractivity contribution in [3.05, 3.63) is 52.2 Å². The molecule has 0 radical (unpaired) electrons. The van der Waals surface area contributed by atoms with Gasteiger partial charge in [0, 0.05) is 34.6 Å². The van der Waals surface area contributed by atoms with Crippen LogP contribution in [0.4, 0.5) is 5.69 Å². The lowest BCUT2D eigenvalue weighted by Crippen LogP contribution is -2.45. The van der Waals surface area contributed by atoms with Gasteiger partial charge in [0.2, 0.25) is 5.91 Å². The summed E-state index contributed by atoms with van der Waals surface area (Å²) >= 11 is 1.70. The third-order valence-electron chi connectivity index (χ3n) is 3.52. The molecule has 0 spiro atoms. The lowest BCUT2D eigenvalue weighted by Gasteiger charge is -2.19. The van der Waals surface area contributed by atoms with Crippen molar-refractivity contribution in [2.75, 3.05) is 11.9 Å². The van der Waals surface area contributed by atoms with Crippen molar-refractivity contribution in [1.29, 1.82) is 0 Å². The molecule has 2 amide bonds. The summed E-state index contributed by atoms with van der Waals surface area (Å²) < 4.78 is 0. The molecule has 0 unspecified atom stereocenters. The van der Waals surface area contributed by atoms with E-state index in [1.807, 2.05) is 25.3 Å². The van der Waals surface area contributed by atoms with Crippen LogP contribution < -0.4 is 16.4 Å². The van der Waals surface area contributed by atoms with E-state index >= 15 is 0 Å². The van der Waals surface area contributed by atoms with Gasteiger partial charge in [0.1, 0.15) is 0 Å². The molecule has 0 atom stereocenters. The summed E-state index contributed by atoms with van der Waals surface area (Å²) in [6, 6.07) is 11.0. The van der Waals surface area contributed by atoms with Crippen LogP contribution in [0.25, 0.3) is 0 Å². The number of benzene rings is 1. The monoisotopic (exact) mass is 359 g/mol. The maximum absolute atomic E-state index is 12.2. The van der Waals surface area contributed by atoms with Crippen LogP contribution in [0.1, 0.15) is 41.9 Å². The molecule has 0 aliphatic heterocycles. The molecule has 134 valence electrons. The Morgan fingerprint density at radius 1 is 1.20 bits per heavy atom. The van der Waals surface area contributed by atoms with Crippen LogP contribution in [0.3, 0.4) is 0 Å². The minimum atomic E-state index is -0.468. The minimum absolute atomic E-state index is 0.0443. The minimum Gasteiger partial charge on any atom is -0.350 e. The SMILES string of the molecule is CC(C)(N)CNC(=O)c1cccc(NC(=O)CCCc2cccs2)c1. The van der Waals surface area contributed by atoms with Gasteiger partial charge in [-0.25, -0.2) is 0 Å². The molecule has 0 saturated heterocycles. The molecule has 0 aliphatic carbocycles. The molecule has 4 N–H and O–H groups in total. The number of aryl methyl sites for hydroxylation is 1. The fourth-order valence-electron chi connectivity index (χ4n) is 2.25. The molecule has 1 heterocycles. The fourth-order valence-corrected chi connectivity index (χ4v) is 3.00. The zero-order valence-electron chi connectivity index (χ0n) is 14.7. The van der Waals surface area contributed by atoms with Crippen molar-refractivity contribution in [3.8, 4) is 0 Å². The zero-order chi connectivity index (χ0) is 18.3. The molecule has 5 nitrogen and oxygen atoms in total. The number of carbonyl (C=O) groups excluding carboxylic acids is 2. The standard InChI is InChI=1S/C19H25N3O2S/c1-19(2,20)13-21-18(24)14-6-3-7-15(12-14)22-17(23)10-4-8-16-9-5-11-25-16/h3,5-7,9,11-12H,4,8,10,13,20H2,1-2H3,(H,21,24)(H,22,23). The topological polar surface area (TPSA) is 84.2 Å². The predicted molar refractivity (Wildman–Crippen MR) is 103 cm³/mol. The molecule has 1 aromatic carbocycles. The highest BCUT2D eigenvalue weighted by Crippen LogP contribution is 2.14. The van der Waals surface area contributed by atoms with Crippen LogP contribution in [0.2, 0.25) is 0 Å². The Kier molecular flexibility index (Phi) is 6.73. The van der Waals surface area contributed by atoms with E-state index in [1.54, 1.807) is 35.6 Å². The van der Waals surface area contributed by atoms with Crippen molar-refractivity contribution < 1.29 is 9.59 Å². The van der Waals surface area contributed by atoms with Gasteiger partial charge in [0.25, 0.3) is 5.91 Å². The van der Waals surface area contributed by atoms with Gasteiger partial charge in [-0.1, -0.05) is 12.1 Å². The van der Waals surface area contributed by atoms with Gasteiger partial charge < -0.3 is 16.4 Å². The maximum atomic E-state index is 12.2. The molecule has 2 rings (SSSR count). The van der Waals surface area contributed by atoms with E-state index in [0.717, 1.165) is 12.8 Å². The Labute approximate surface area is 152 Å². The van der Waals surface area contributed by atoms with E-state index in [0.29, 0.717) is 24.2 Å². The summed E-state index contributed by atoms with van der Waals surface area (Å²) in [4.78, 5) is 25.5. The number of hydrogen-bond acceptors (Lipinski definition) is 4. The van der Waals surface area contributed by atoms with Crippen molar-refractivity contribution in [3.63, 3.8) is 0 Å². The fraction of sp³-hybridized carbons (Fsp3) is 0.368. The molecular weight excluding hydrogens is 334 g/mol. The Hall–Kier alpha value is -2.18. The first-order chi connectivity index (χ1) is 11.8. The molecule has 0 fully saturated rings. The van der Waals surface area contributed by atoms with Gasteiger partial charge in [0.15, 0.2) is 0 Å². The maximum Gasteiger partial charge on any atom is 0.251 e. The molecule has 2 aromatic rings. The van der Waals surface area contributed by atoms with Gasteiger partial charge in [-0.15, -0.1) is 11.3 Å². The van der Waals surface area contributed by atoms with Gasteiger partial charge in [-0.3, -0.25) is 9.59 Å². The quantitative estimate of drug-likeness (QED) is 0.677. The predicted octanol–water partition coefficient (Wildman–Crippen LogP) is 3.18. The van der Waals surface area contributed by atoms with E-state index in [4.69, 9.17) is 5.73 Å². The van der Waals surface area contributed by atoms with E-state index in [-0.39, 0.29) is 11.8 Å². The van der Waals surface area contributed by atoms with E-state index < -0.39 is 5.54 Å². The first-order valence-electron chi connectivity index (χ1n) is 8.33. The molecule has 25 heavy (non-hydrogen) atoms. The average Bonchev–Trinajstić information content (AvgIpc) is 3.05. The number of thiophene rings is 1. The third kappa shape index (κ3) is 7.07. The number of anilines is 1. The lowest BCUT2D eigenvalue weighted by atomic mass is 10.1. The number of rotatable bonds is 8. The van der Waals surface area contributed by atoms with Crippen molar-refractivity contribution >= 4 is 28.8 Å². The van der Waals surface area contributed by atoms with Crippen LogP contribution in [-0.4, -0.2) is 23.9 Å². The summed E-state index contributed by atoms with van der Waals surface area (Å²) in [5.41, 5.74) is 6.53. The van der Waals surface area contributed by atoms with E-state index in [2.05, 4.69) is 16.7 Å². The van der Waals surface area contributed by atoms with Gasteiger partial charge >= 0.3 is 0 Å². The van der Waals surface area contributed by atoms with Crippen LogP contribution >= 0.6 is 11.3 Å². The second-order valence-electron chi connectivity index (χ2n) is 6.73. The Morgan fingerprint density at radius 3 is 2.68 bits per heavy atom. The summed E-state index contributed by atoms with van der Waals surface area (Å²) in [6.07, 6.45) is 2.16. The van der Waals surface area contributed by atoms with Gasteiger partial charge in [0.05, 0.1) is 0 Å². The average molecular weight is 359 g/mol. The first kappa shape index (κ1) is 19.1. The molecule has 0 saturated carbocycles. The number of nitrogens with one attached hydrogen (secondary N) is 2. The normalized spacial score (nSPS) is 11.2. The highest BCUT2D eigenvalue weighted by molar-refractivity contribution is 7.09. The number of amides is 2. The highest BCUT2D eigenvalue weighted by Gasteiger charge is 2.14. The Balaban J connectivity index is 1.83. The van der Waals surface area contributed by atoms with Crippen LogP contribution in [0, 0.1) is 0 Å². The smallest absolute Gasteiger partial charge is 0.251 e. The van der Waals surface area contributed by atoms with Crippen LogP contribution in [-0.2, 0) is 11.2 Å². The van der Waals surface area contributed by atoms with E-state index in [1.165, 1.54) is 4.88 Å². The summed E-state index contributed by atoms with van der Waals surface area (Å²) in [5.74, 6) is -0.246. The number of carbonyl (C=O) groups is 2. The van der Waals surface area contributed by atoms with Crippen molar-refractivity contribution in [1.82, 2.24) is 5.32 Å². The third-order valence-corrected chi connectivity index (χ3v) is 4.46. The Bertz CT molecular complexity index is 706. The largest absolute Gasteiger partial charge is 0.350 e. The zero-order valence-corrected chi connectivity index (χ0v) is 15.5.